The first-order valence-corrected chi connectivity index (χ1v) is 14.2. The third-order valence-electron chi connectivity index (χ3n) is 7.55. The minimum atomic E-state index is -0.401. The number of aryl methyl sites for hydroxylation is 2. The summed E-state index contributed by atoms with van der Waals surface area (Å²) in [5, 5.41) is 7.66. The number of aromatic nitrogens is 2. The van der Waals surface area contributed by atoms with Crippen molar-refractivity contribution in [2.45, 2.75) is 25.8 Å². The van der Waals surface area contributed by atoms with E-state index in [0.29, 0.717) is 35.0 Å². The lowest BCUT2D eigenvalue weighted by atomic mass is 10.1. The molecule has 1 N–H and O–H groups in total. The molecule has 0 radical (unpaired) electrons. The maximum Gasteiger partial charge on any atom is 0.299 e. The van der Waals surface area contributed by atoms with Crippen molar-refractivity contribution in [2.75, 3.05) is 19.5 Å². The molecule has 216 valence electrons. The molecular formula is C35H32N4O4. The molecule has 1 heterocycles. The van der Waals surface area contributed by atoms with E-state index in [1.807, 2.05) is 48.5 Å². The van der Waals surface area contributed by atoms with Crippen molar-refractivity contribution in [2.24, 2.45) is 0 Å². The molecule has 0 saturated carbocycles. The van der Waals surface area contributed by atoms with Crippen molar-refractivity contribution in [3.8, 4) is 22.9 Å². The lowest BCUT2D eigenvalue weighted by Gasteiger charge is -2.18. The fourth-order valence-electron chi connectivity index (χ4n) is 5.30. The average molecular weight is 573 g/mol. The molecule has 0 unspecified atom stereocenters. The Balaban J connectivity index is 1.33. The van der Waals surface area contributed by atoms with Crippen molar-refractivity contribution < 1.29 is 14.3 Å². The van der Waals surface area contributed by atoms with Crippen LogP contribution in [0.25, 0.3) is 5.69 Å². The highest BCUT2D eigenvalue weighted by molar-refractivity contribution is 5.95. The van der Waals surface area contributed by atoms with Crippen molar-refractivity contribution in [1.82, 2.24) is 14.7 Å². The minimum Gasteiger partial charge on any atom is -0.497 e. The summed E-state index contributed by atoms with van der Waals surface area (Å²) in [6, 6.07) is 30.0. The van der Waals surface area contributed by atoms with Crippen LogP contribution in [-0.2, 0) is 19.4 Å². The van der Waals surface area contributed by atoms with Gasteiger partial charge in [-0.1, -0.05) is 42.5 Å². The molecule has 5 aromatic rings. The van der Waals surface area contributed by atoms with Gasteiger partial charge >= 0.3 is 0 Å². The molecule has 0 bridgehead atoms. The van der Waals surface area contributed by atoms with Crippen LogP contribution in [0.2, 0.25) is 0 Å². The van der Waals surface area contributed by atoms with Gasteiger partial charge in [0.25, 0.3) is 11.5 Å². The lowest BCUT2D eigenvalue weighted by molar-refractivity contribution is 0.0785. The van der Waals surface area contributed by atoms with Crippen LogP contribution < -0.4 is 20.3 Å². The molecule has 0 fully saturated rings. The Morgan fingerprint density at radius 3 is 2.47 bits per heavy atom. The van der Waals surface area contributed by atoms with Gasteiger partial charge in [-0.05, 0) is 90.6 Å². The van der Waals surface area contributed by atoms with Gasteiger partial charge in [0, 0.05) is 24.8 Å². The van der Waals surface area contributed by atoms with Crippen molar-refractivity contribution in [3.63, 3.8) is 0 Å². The standard InChI is InChI=1S/C35H32N4O4/c1-38(23-24-8-4-3-5-9-24)34(40)27-12-7-13-28(20-27)37-33-32(43-31-17-14-25-10-6-11-26(25)21-31)22-36-39(35(33)41)29-15-18-30(42-2)19-16-29/h3-5,7-9,12-22,37H,6,10-11,23H2,1-2H3. The number of amides is 1. The van der Waals surface area contributed by atoms with Crippen LogP contribution in [0.3, 0.4) is 0 Å². The molecule has 1 aliphatic carbocycles. The molecule has 6 rings (SSSR count). The molecule has 8 nitrogen and oxygen atoms in total. The first-order valence-electron chi connectivity index (χ1n) is 14.2. The van der Waals surface area contributed by atoms with Crippen molar-refractivity contribution >= 4 is 17.3 Å². The van der Waals surface area contributed by atoms with Crippen LogP contribution >= 0.6 is 0 Å². The van der Waals surface area contributed by atoms with Crippen molar-refractivity contribution in [3.05, 3.63) is 136 Å². The molecule has 1 aliphatic rings. The molecular weight excluding hydrogens is 540 g/mol. The van der Waals surface area contributed by atoms with Gasteiger partial charge in [-0.2, -0.15) is 9.78 Å². The SMILES string of the molecule is COc1ccc(-n2ncc(Oc3ccc4c(c3)CCC4)c(Nc3cccc(C(=O)N(C)Cc4ccccc4)c3)c2=O)cc1. The Morgan fingerprint density at radius 1 is 0.907 bits per heavy atom. The molecule has 43 heavy (non-hydrogen) atoms. The van der Waals surface area contributed by atoms with Crippen LogP contribution in [-0.4, -0.2) is 34.7 Å². The first kappa shape index (κ1) is 27.8. The number of benzene rings is 4. The van der Waals surface area contributed by atoms with E-state index in [1.165, 1.54) is 22.0 Å². The number of hydrogen-bond acceptors (Lipinski definition) is 6. The number of anilines is 2. The first-order chi connectivity index (χ1) is 21.0. The Morgan fingerprint density at radius 2 is 1.67 bits per heavy atom. The van der Waals surface area contributed by atoms with Crippen LogP contribution in [0.5, 0.6) is 17.2 Å². The van der Waals surface area contributed by atoms with Gasteiger partial charge in [0.1, 0.15) is 11.5 Å². The van der Waals surface area contributed by atoms with Crippen LogP contribution in [0, 0.1) is 0 Å². The Labute approximate surface area is 250 Å². The van der Waals surface area contributed by atoms with Crippen LogP contribution in [0.15, 0.2) is 108 Å². The molecule has 1 amide bonds. The van der Waals surface area contributed by atoms with Gasteiger partial charge in [0.2, 0.25) is 0 Å². The van der Waals surface area contributed by atoms with Crippen LogP contribution in [0.1, 0.15) is 33.5 Å². The smallest absolute Gasteiger partial charge is 0.299 e. The highest BCUT2D eigenvalue weighted by Gasteiger charge is 2.19. The van der Waals surface area contributed by atoms with E-state index >= 15 is 0 Å². The van der Waals surface area contributed by atoms with Gasteiger partial charge in [0.15, 0.2) is 11.4 Å². The predicted molar refractivity (Wildman–Crippen MR) is 167 cm³/mol. The predicted octanol–water partition coefficient (Wildman–Crippen LogP) is 6.54. The number of methoxy groups -OCH3 is 1. The second-order valence-electron chi connectivity index (χ2n) is 10.5. The van der Waals surface area contributed by atoms with Gasteiger partial charge in [0.05, 0.1) is 19.0 Å². The molecule has 4 aromatic carbocycles. The minimum absolute atomic E-state index is 0.132. The largest absolute Gasteiger partial charge is 0.497 e. The molecule has 0 saturated heterocycles. The van der Waals surface area contributed by atoms with Gasteiger partial charge < -0.3 is 19.7 Å². The van der Waals surface area contributed by atoms with Gasteiger partial charge in [-0.25, -0.2) is 0 Å². The summed E-state index contributed by atoms with van der Waals surface area (Å²) < 4.78 is 12.8. The topological polar surface area (TPSA) is 85.7 Å². The zero-order valence-electron chi connectivity index (χ0n) is 24.1. The molecule has 8 heteroatoms. The highest BCUT2D eigenvalue weighted by Crippen LogP contribution is 2.32. The summed E-state index contributed by atoms with van der Waals surface area (Å²) in [6.45, 7) is 0.479. The van der Waals surface area contributed by atoms with E-state index < -0.39 is 5.56 Å². The Bertz CT molecular complexity index is 1820. The molecule has 0 spiro atoms. The summed E-state index contributed by atoms with van der Waals surface area (Å²) in [4.78, 5) is 28.9. The number of nitrogens with zero attached hydrogens (tertiary/aromatic N) is 3. The lowest BCUT2D eigenvalue weighted by Crippen LogP contribution is -2.26. The summed E-state index contributed by atoms with van der Waals surface area (Å²) in [5.74, 6) is 1.46. The van der Waals surface area contributed by atoms with E-state index in [0.717, 1.165) is 24.8 Å². The van der Waals surface area contributed by atoms with Crippen LogP contribution in [0.4, 0.5) is 11.4 Å². The number of rotatable bonds is 9. The highest BCUT2D eigenvalue weighted by atomic mass is 16.5. The number of carbonyl (C=O) groups is 1. The Hall–Kier alpha value is -5.37. The van der Waals surface area contributed by atoms with E-state index in [-0.39, 0.29) is 17.3 Å². The number of nitrogens with one attached hydrogen (secondary N) is 1. The number of hydrogen-bond donors (Lipinski definition) is 1. The quantitative estimate of drug-likeness (QED) is 0.216. The number of fused-ring (bicyclic) bond motifs is 1. The molecule has 0 atom stereocenters. The van der Waals surface area contributed by atoms with E-state index in [9.17, 15) is 9.59 Å². The molecule has 1 aromatic heterocycles. The number of carbonyl (C=O) groups excluding carboxylic acids is 1. The zero-order valence-corrected chi connectivity index (χ0v) is 24.1. The normalized spacial score (nSPS) is 12.0. The average Bonchev–Trinajstić information content (AvgIpc) is 3.51. The van der Waals surface area contributed by atoms with Gasteiger partial charge in [-0.15, -0.1) is 0 Å². The maximum absolute atomic E-state index is 13.9. The van der Waals surface area contributed by atoms with E-state index in [1.54, 1.807) is 61.5 Å². The summed E-state index contributed by atoms with van der Waals surface area (Å²) in [6.07, 6.45) is 4.73. The fraction of sp³-hybridized carbons (Fsp3) is 0.171. The second kappa shape index (κ2) is 12.2. The van der Waals surface area contributed by atoms with Crippen molar-refractivity contribution in [1.29, 1.82) is 0 Å². The maximum atomic E-state index is 13.9. The molecule has 0 aliphatic heterocycles. The van der Waals surface area contributed by atoms with Gasteiger partial charge in [-0.3, -0.25) is 9.59 Å². The second-order valence-corrected chi connectivity index (χ2v) is 10.5. The monoisotopic (exact) mass is 572 g/mol. The van der Waals surface area contributed by atoms with E-state index in [2.05, 4.69) is 16.5 Å². The summed E-state index contributed by atoms with van der Waals surface area (Å²) in [5.41, 5.74) is 5.07. The zero-order chi connectivity index (χ0) is 29.8. The number of ether oxygens (including phenoxy) is 2. The fourth-order valence-corrected chi connectivity index (χ4v) is 5.30. The third-order valence-corrected chi connectivity index (χ3v) is 7.55. The Kier molecular flexibility index (Phi) is 7.91. The third kappa shape index (κ3) is 6.13. The summed E-state index contributed by atoms with van der Waals surface area (Å²) >= 11 is 0. The summed E-state index contributed by atoms with van der Waals surface area (Å²) in [7, 11) is 3.36. The van der Waals surface area contributed by atoms with E-state index in [4.69, 9.17) is 9.47 Å².